The second kappa shape index (κ2) is 9.54. The maximum Gasteiger partial charge on any atom is 0.329 e. The third-order valence-electron chi connectivity index (χ3n) is 6.46. The number of aryl methyl sites for hydroxylation is 1. The van der Waals surface area contributed by atoms with Gasteiger partial charge >= 0.3 is 5.69 Å². The van der Waals surface area contributed by atoms with Crippen molar-refractivity contribution in [2.45, 2.75) is 58.0 Å². The number of H-pyrrole nitrogens is 1. The number of rotatable bonds is 8. The molecule has 1 atom stereocenters. The Hall–Kier alpha value is -3.88. The molecule has 3 heterocycles. The first-order valence-electron chi connectivity index (χ1n) is 11.8. The zero-order valence-corrected chi connectivity index (χ0v) is 19.1. The van der Waals surface area contributed by atoms with Crippen LogP contribution in [-0.2, 0) is 17.8 Å². The van der Waals surface area contributed by atoms with E-state index in [9.17, 15) is 9.59 Å². The Balaban J connectivity index is 1.44. The van der Waals surface area contributed by atoms with Crippen molar-refractivity contribution in [2.24, 2.45) is 0 Å². The molecule has 1 aliphatic rings. The van der Waals surface area contributed by atoms with E-state index < -0.39 is 0 Å². The summed E-state index contributed by atoms with van der Waals surface area (Å²) < 4.78 is 3.42. The maximum absolute atomic E-state index is 13.3. The van der Waals surface area contributed by atoms with Crippen molar-refractivity contribution in [3.63, 3.8) is 0 Å². The van der Waals surface area contributed by atoms with Crippen molar-refractivity contribution in [3.8, 4) is 22.5 Å². The SMILES string of the molecule is CCCCc1cn(C2CCCC2=O)c(=O)n1Cc1ccc(-c2ccccc2-c2nnn[nH]2)cn1. The van der Waals surface area contributed by atoms with Gasteiger partial charge in [0.1, 0.15) is 0 Å². The molecule has 1 N–H and O–H groups in total. The van der Waals surface area contributed by atoms with Gasteiger partial charge in [0.05, 0.1) is 18.3 Å². The van der Waals surface area contributed by atoms with Gasteiger partial charge in [0.2, 0.25) is 0 Å². The number of tetrazole rings is 1. The summed E-state index contributed by atoms with van der Waals surface area (Å²) in [6.07, 6.45) is 8.67. The molecule has 34 heavy (non-hydrogen) atoms. The largest absolute Gasteiger partial charge is 0.329 e. The van der Waals surface area contributed by atoms with E-state index in [1.807, 2.05) is 48.8 Å². The van der Waals surface area contributed by atoms with E-state index in [2.05, 4.69) is 32.5 Å². The van der Waals surface area contributed by atoms with Gasteiger partial charge in [-0.1, -0.05) is 43.7 Å². The number of nitrogens with one attached hydrogen (secondary N) is 1. The molecule has 1 aromatic carbocycles. The van der Waals surface area contributed by atoms with Crippen molar-refractivity contribution in [3.05, 3.63) is 70.7 Å². The summed E-state index contributed by atoms with van der Waals surface area (Å²) in [6.45, 7) is 2.51. The topological polar surface area (TPSA) is 111 Å². The highest BCUT2D eigenvalue weighted by molar-refractivity contribution is 5.84. The number of nitrogens with zero attached hydrogens (tertiary/aromatic N) is 6. The summed E-state index contributed by atoms with van der Waals surface area (Å²) in [6, 6.07) is 11.5. The van der Waals surface area contributed by atoms with Gasteiger partial charge in [-0.25, -0.2) is 9.89 Å². The first-order valence-corrected chi connectivity index (χ1v) is 11.8. The van der Waals surface area contributed by atoms with Gasteiger partial charge in [0.25, 0.3) is 0 Å². The third-order valence-corrected chi connectivity index (χ3v) is 6.46. The van der Waals surface area contributed by atoms with Crippen molar-refractivity contribution < 1.29 is 4.79 Å². The van der Waals surface area contributed by atoms with Crippen LogP contribution in [0.1, 0.15) is 56.5 Å². The maximum atomic E-state index is 13.3. The molecule has 0 radical (unpaired) electrons. The first-order chi connectivity index (χ1) is 16.7. The van der Waals surface area contributed by atoms with Gasteiger partial charge in [0.15, 0.2) is 11.6 Å². The predicted octanol–water partition coefficient (Wildman–Crippen LogP) is 3.58. The zero-order valence-electron chi connectivity index (χ0n) is 19.1. The minimum atomic E-state index is -0.327. The fourth-order valence-electron chi connectivity index (χ4n) is 4.64. The second-order valence-electron chi connectivity index (χ2n) is 8.71. The number of aromatic amines is 1. The number of hydrogen-bond donors (Lipinski definition) is 1. The molecule has 4 aromatic rings. The standard InChI is InChI=1S/C25H27N7O2/c1-2-3-7-19-16-32(22-10-6-11-23(22)33)25(34)31(19)15-18-13-12-17(14-26-18)20-8-4-5-9-21(20)24-27-29-30-28-24/h4-5,8-9,12-14,16,22H,2-3,6-7,10-11,15H2,1H3,(H,27,28,29,30). The van der Waals surface area contributed by atoms with Gasteiger partial charge < -0.3 is 0 Å². The number of unbranched alkanes of at least 4 members (excludes halogenated alkanes) is 1. The number of aromatic nitrogens is 7. The summed E-state index contributed by atoms with van der Waals surface area (Å²) >= 11 is 0. The van der Waals surface area contributed by atoms with Crippen LogP contribution in [0, 0.1) is 0 Å². The number of benzene rings is 1. The van der Waals surface area contributed by atoms with Crippen LogP contribution in [0.5, 0.6) is 0 Å². The molecule has 9 nitrogen and oxygen atoms in total. The van der Waals surface area contributed by atoms with Crippen LogP contribution in [0.3, 0.4) is 0 Å². The Bertz CT molecular complexity index is 1340. The fraction of sp³-hybridized carbons (Fsp3) is 0.360. The lowest BCUT2D eigenvalue weighted by atomic mass is 10.0. The third kappa shape index (κ3) is 4.21. The van der Waals surface area contributed by atoms with Crippen LogP contribution in [0.4, 0.5) is 0 Å². The summed E-state index contributed by atoms with van der Waals surface area (Å²) in [5, 5.41) is 14.2. The van der Waals surface area contributed by atoms with E-state index in [0.717, 1.165) is 60.2 Å². The lowest BCUT2D eigenvalue weighted by Crippen LogP contribution is -2.30. The predicted molar refractivity (Wildman–Crippen MR) is 127 cm³/mol. The molecule has 1 saturated carbocycles. The Morgan fingerprint density at radius 1 is 1.12 bits per heavy atom. The number of hydrogen-bond acceptors (Lipinski definition) is 6. The molecule has 0 amide bonds. The number of ketones is 1. The minimum absolute atomic E-state index is 0.125. The van der Waals surface area contributed by atoms with Crippen LogP contribution >= 0.6 is 0 Å². The first kappa shape index (κ1) is 21.9. The van der Waals surface area contributed by atoms with Crippen molar-refractivity contribution >= 4 is 5.78 Å². The molecule has 0 saturated heterocycles. The Morgan fingerprint density at radius 3 is 2.65 bits per heavy atom. The van der Waals surface area contributed by atoms with E-state index in [4.69, 9.17) is 0 Å². The van der Waals surface area contributed by atoms with Crippen LogP contribution in [0.2, 0.25) is 0 Å². The zero-order chi connectivity index (χ0) is 23.5. The number of carbonyl (C=O) groups excluding carboxylic acids is 1. The van der Waals surface area contributed by atoms with E-state index in [0.29, 0.717) is 18.8 Å². The second-order valence-corrected chi connectivity index (χ2v) is 8.71. The van der Waals surface area contributed by atoms with E-state index in [1.54, 1.807) is 9.13 Å². The van der Waals surface area contributed by atoms with Crippen LogP contribution in [0.25, 0.3) is 22.5 Å². The van der Waals surface area contributed by atoms with Gasteiger partial charge in [-0.05, 0) is 47.7 Å². The molecule has 1 fully saturated rings. The van der Waals surface area contributed by atoms with Crippen molar-refractivity contribution in [1.82, 2.24) is 34.7 Å². The highest BCUT2D eigenvalue weighted by atomic mass is 16.2. The van der Waals surface area contributed by atoms with E-state index >= 15 is 0 Å². The van der Waals surface area contributed by atoms with E-state index in [1.165, 1.54) is 0 Å². The molecule has 9 heteroatoms. The summed E-state index contributed by atoms with van der Waals surface area (Å²) in [7, 11) is 0. The Morgan fingerprint density at radius 2 is 1.97 bits per heavy atom. The molecule has 0 spiro atoms. The Labute approximate surface area is 196 Å². The van der Waals surface area contributed by atoms with Gasteiger partial charge in [0, 0.05) is 35.6 Å². The highest BCUT2D eigenvalue weighted by Gasteiger charge is 2.28. The molecular formula is C25H27N7O2. The normalized spacial score (nSPS) is 15.8. The van der Waals surface area contributed by atoms with Crippen LogP contribution < -0.4 is 5.69 Å². The molecule has 0 bridgehead atoms. The van der Waals surface area contributed by atoms with Crippen molar-refractivity contribution in [1.29, 1.82) is 0 Å². The van der Waals surface area contributed by atoms with Crippen LogP contribution in [-0.4, -0.2) is 40.5 Å². The molecule has 1 aliphatic carbocycles. The average molecular weight is 458 g/mol. The van der Waals surface area contributed by atoms with E-state index in [-0.39, 0.29) is 17.5 Å². The van der Waals surface area contributed by atoms with Crippen molar-refractivity contribution in [2.75, 3.05) is 0 Å². The van der Waals surface area contributed by atoms with Gasteiger partial charge in [-0.3, -0.25) is 18.9 Å². The molecule has 1 unspecified atom stereocenters. The van der Waals surface area contributed by atoms with Gasteiger partial charge in [-0.2, -0.15) is 0 Å². The fourth-order valence-corrected chi connectivity index (χ4v) is 4.64. The monoisotopic (exact) mass is 457 g/mol. The summed E-state index contributed by atoms with van der Waals surface area (Å²) in [5.41, 5.74) is 4.41. The number of imidazole rings is 1. The minimum Gasteiger partial charge on any atom is -0.297 e. The molecule has 3 aromatic heterocycles. The van der Waals surface area contributed by atoms with Crippen LogP contribution in [0.15, 0.2) is 53.6 Å². The summed E-state index contributed by atoms with van der Waals surface area (Å²) in [4.78, 5) is 30.2. The molecular weight excluding hydrogens is 430 g/mol. The molecule has 5 rings (SSSR count). The lowest BCUT2D eigenvalue weighted by molar-refractivity contribution is -0.120. The smallest absolute Gasteiger partial charge is 0.297 e. The quantitative estimate of drug-likeness (QED) is 0.433. The molecule has 174 valence electrons. The number of pyridine rings is 1. The molecule has 0 aliphatic heterocycles. The number of Topliss-reactive ketones (excluding diaryl/α,β-unsaturated/α-hetero) is 1. The Kier molecular flexibility index (Phi) is 6.16. The summed E-state index contributed by atoms with van der Waals surface area (Å²) in [5.74, 6) is 0.749. The average Bonchev–Trinajstić information content (AvgIpc) is 3.61. The highest BCUT2D eigenvalue weighted by Crippen LogP contribution is 2.29. The number of carbonyl (C=O) groups is 1. The van der Waals surface area contributed by atoms with Gasteiger partial charge in [-0.15, -0.1) is 5.10 Å². The lowest BCUT2D eigenvalue weighted by Gasteiger charge is -2.10.